The van der Waals surface area contributed by atoms with E-state index in [-0.39, 0.29) is 57.9 Å². The molecule has 1 heterocycles. The second-order valence-electron chi connectivity index (χ2n) is 3.72. The number of benzene rings is 1. The van der Waals surface area contributed by atoms with Crippen LogP contribution in [0.4, 0.5) is 12.9 Å². The summed E-state index contributed by atoms with van der Waals surface area (Å²) in [4.78, 5) is 0. The van der Waals surface area contributed by atoms with Crippen molar-refractivity contribution in [2.75, 3.05) is 0 Å². The summed E-state index contributed by atoms with van der Waals surface area (Å²) in [6, 6.07) is 8.49. The van der Waals surface area contributed by atoms with Crippen molar-refractivity contribution in [1.82, 2.24) is 15.0 Å². The van der Waals surface area contributed by atoms with Crippen molar-refractivity contribution in [3.05, 3.63) is 41.6 Å². The van der Waals surface area contributed by atoms with Crippen LogP contribution in [0.3, 0.4) is 0 Å². The number of halogens is 3. The molecular formula is C10H7BF3KN4. The SMILES string of the molecule is N#Cc1ccc(Cn2cc([B-](F)(F)F)nn2)cc1.[K+]. The van der Waals surface area contributed by atoms with Gasteiger partial charge in [-0.1, -0.05) is 17.3 Å². The van der Waals surface area contributed by atoms with Gasteiger partial charge in [-0.05, 0) is 17.7 Å². The molecule has 0 fully saturated rings. The molecular weight excluding hydrogens is 283 g/mol. The van der Waals surface area contributed by atoms with Gasteiger partial charge in [0.25, 0.3) is 0 Å². The number of rotatable bonds is 3. The molecule has 0 amide bonds. The monoisotopic (exact) mass is 290 g/mol. The van der Waals surface area contributed by atoms with Crippen LogP contribution in [0.5, 0.6) is 0 Å². The van der Waals surface area contributed by atoms with E-state index in [0.717, 1.165) is 16.4 Å². The van der Waals surface area contributed by atoms with Crippen molar-refractivity contribution < 1.29 is 64.3 Å². The van der Waals surface area contributed by atoms with Crippen LogP contribution >= 0.6 is 0 Å². The van der Waals surface area contributed by atoms with Gasteiger partial charge in [-0.3, -0.25) is 4.68 Å². The molecule has 0 aliphatic carbocycles. The number of aromatic nitrogens is 3. The molecule has 0 saturated heterocycles. The molecule has 0 saturated carbocycles. The fraction of sp³-hybridized carbons (Fsp3) is 0.100. The summed E-state index contributed by atoms with van der Waals surface area (Å²) in [7, 11) is 0. The Morgan fingerprint density at radius 3 is 2.32 bits per heavy atom. The zero-order valence-electron chi connectivity index (χ0n) is 10.1. The first-order valence-corrected chi connectivity index (χ1v) is 5.08. The van der Waals surface area contributed by atoms with Crippen LogP contribution in [-0.4, -0.2) is 22.0 Å². The van der Waals surface area contributed by atoms with E-state index in [1.54, 1.807) is 24.3 Å². The van der Waals surface area contributed by atoms with Crippen LogP contribution in [0.25, 0.3) is 0 Å². The van der Waals surface area contributed by atoms with Crippen LogP contribution in [0.15, 0.2) is 30.5 Å². The van der Waals surface area contributed by atoms with Gasteiger partial charge in [0, 0.05) is 11.8 Å². The van der Waals surface area contributed by atoms with Gasteiger partial charge in [-0.15, -0.1) is 0 Å². The largest absolute Gasteiger partial charge is 1.00 e. The molecule has 19 heavy (non-hydrogen) atoms. The van der Waals surface area contributed by atoms with Crippen molar-refractivity contribution in [1.29, 1.82) is 5.26 Å². The average Bonchev–Trinajstić information content (AvgIpc) is 2.78. The minimum absolute atomic E-state index is 0. The maximum absolute atomic E-state index is 12.3. The molecule has 2 aromatic rings. The van der Waals surface area contributed by atoms with Gasteiger partial charge in [0.05, 0.1) is 18.2 Å². The Hall–Kier alpha value is -0.659. The molecule has 1 aromatic heterocycles. The van der Waals surface area contributed by atoms with Crippen molar-refractivity contribution in [3.63, 3.8) is 0 Å². The molecule has 0 N–H and O–H groups in total. The van der Waals surface area contributed by atoms with Crippen LogP contribution in [-0.2, 0) is 6.54 Å². The van der Waals surface area contributed by atoms with E-state index >= 15 is 0 Å². The van der Waals surface area contributed by atoms with E-state index in [1.807, 2.05) is 6.07 Å². The summed E-state index contributed by atoms with van der Waals surface area (Å²) in [5, 5.41) is 15.1. The zero-order chi connectivity index (χ0) is 13.2. The first kappa shape index (κ1) is 16.4. The van der Waals surface area contributed by atoms with Gasteiger partial charge >= 0.3 is 58.4 Å². The van der Waals surface area contributed by atoms with E-state index in [4.69, 9.17) is 5.26 Å². The number of nitriles is 1. The predicted molar refractivity (Wildman–Crippen MR) is 59.0 cm³/mol. The smallest absolute Gasteiger partial charge is 0.444 e. The molecule has 92 valence electrons. The molecule has 0 bridgehead atoms. The molecule has 0 spiro atoms. The number of nitrogens with zero attached hydrogens (tertiary/aromatic N) is 4. The second kappa shape index (κ2) is 6.67. The van der Waals surface area contributed by atoms with Gasteiger partial charge in [-0.25, -0.2) is 0 Å². The Kier molecular flexibility index (Phi) is 5.76. The molecule has 4 nitrogen and oxygen atoms in total. The number of hydrogen-bond acceptors (Lipinski definition) is 3. The van der Waals surface area contributed by atoms with E-state index in [0.29, 0.717) is 5.56 Å². The average molecular weight is 290 g/mol. The van der Waals surface area contributed by atoms with Crippen LogP contribution in [0.2, 0.25) is 0 Å². The minimum atomic E-state index is -5.11. The Morgan fingerprint density at radius 2 is 1.84 bits per heavy atom. The maximum atomic E-state index is 12.3. The summed E-state index contributed by atoms with van der Waals surface area (Å²) >= 11 is 0. The molecule has 0 unspecified atom stereocenters. The van der Waals surface area contributed by atoms with Gasteiger partial charge in [0.2, 0.25) is 0 Å². The summed E-state index contributed by atoms with van der Waals surface area (Å²) in [6.07, 6.45) is 0.873. The van der Waals surface area contributed by atoms with Crippen LogP contribution in [0, 0.1) is 11.3 Å². The topological polar surface area (TPSA) is 54.5 Å². The quantitative estimate of drug-likeness (QED) is 0.630. The number of hydrogen-bond donors (Lipinski definition) is 0. The minimum Gasteiger partial charge on any atom is -0.444 e. The van der Waals surface area contributed by atoms with Crippen LogP contribution < -0.4 is 57.0 Å². The predicted octanol–water partition coefficient (Wildman–Crippen LogP) is -1.74. The van der Waals surface area contributed by atoms with Gasteiger partial charge in [0.1, 0.15) is 0 Å². The Balaban J connectivity index is 0.00000180. The third kappa shape index (κ3) is 4.43. The molecule has 1 aromatic carbocycles. The van der Waals surface area contributed by atoms with Crippen molar-refractivity contribution in [2.24, 2.45) is 0 Å². The first-order valence-electron chi connectivity index (χ1n) is 5.08. The van der Waals surface area contributed by atoms with E-state index < -0.39 is 12.6 Å². The van der Waals surface area contributed by atoms with Crippen LogP contribution in [0.1, 0.15) is 11.1 Å². The van der Waals surface area contributed by atoms with Crippen molar-refractivity contribution in [3.8, 4) is 6.07 Å². The second-order valence-corrected chi connectivity index (χ2v) is 3.72. The van der Waals surface area contributed by atoms with E-state index in [2.05, 4.69) is 10.3 Å². The fourth-order valence-corrected chi connectivity index (χ4v) is 1.41. The zero-order valence-corrected chi connectivity index (χ0v) is 13.2. The Morgan fingerprint density at radius 1 is 1.21 bits per heavy atom. The summed E-state index contributed by atoms with van der Waals surface area (Å²) < 4.78 is 38.2. The molecule has 0 radical (unpaired) electrons. The van der Waals surface area contributed by atoms with E-state index in [9.17, 15) is 12.9 Å². The van der Waals surface area contributed by atoms with Gasteiger partial charge in [0.15, 0.2) is 0 Å². The van der Waals surface area contributed by atoms with Gasteiger partial charge in [-0.2, -0.15) is 10.4 Å². The molecule has 0 aliphatic rings. The maximum Gasteiger partial charge on any atom is 1.00 e. The Bertz CT molecular complexity index is 588. The van der Waals surface area contributed by atoms with Crippen molar-refractivity contribution in [2.45, 2.75) is 6.54 Å². The standard InChI is InChI=1S/C10H7BF3N4.K/c12-11(13,14)10-7-18(17-16-10)6-9-3-1-8(5-15)2-4-9;/h1-4,7H,6H2;/q-1;+1. The summed E-state index contributed by atoms with van der Waals surface area (Å²) in [5.41, 5.74) is 0.292. The first-order chi connectivity index (χ1) is 8.49. The van der Waals surface area contributed by atoms with Gasteiger partial charge < -0.3 is 12.9 Å². The Labute approximate surface area is 150 Å². The normalized spacial score (nSPS) is 10.6. The van der Waals surface area contributed by atoms with Crippen molar-refractivity contribution >= 4 is 12.6 Å². The molecule has 0 atom stereocenters. The third-order valence-corrected chi connectivity index (χ3v) is 2.32. The summed E-state index contributed by atoms with van der Waals surface area (Å²) in [6.45, 7) is -4.93. The molecule has 9 heteroatoms. The fourth-order valence-electron chi connectivity index (χ4n) is 1.41. The third-order valence-electron chi connectivity index (χ3n) is 2.32. The van der Waals surface area contributed by atoms with E-state index in [1.165, 1.54) is 0 Å². The summed E-state index contributed by atoms with van der Waals surface area (Å²) in [5.74, 6) is 0. The molecule has 2 rings (SSSR count). The molecule has 0 aliphatic heterocycles.